The highest BCUT2D eigenvalue weighted by Crippen LogP contribution is 2.10. The van der Waals surface area contributed by atoms with E-state index in [0.29, 0.717) is 10.6 Å². The first-order valence-electron chi connectivity index (χ1n) is 6.37. The summed E-state index contributed by atoms with van der Waals surface area (Å²) in [6.07, 6.45) is 2.62. The molecule has 0 fully saturated rings. The first-order chi connectivity index (χ1) is 9.69. The van der Waals surface area contributed by atoms with Crippen LogP contribution in [0, 0.1) is 0 Å². The van der Waals surface area contributed by atoms with Crippen LogP contribution < -0.4 is 5.43 Å². The molecule has 0 unspecified atom stereocenters. The van der Waals surface area contributed by atoms with E-state index in [4.69, 9.17) is 11.6 Å². The van der Waals surface area contributed by atoms with Gasteiger partial charge in [0.1, 0.15) is 0 Å². The molecule has 0 saturated carbocycles. The summed E-state index contributed by atoms with van der Waals surface area (Å²) in [6.45, 7) is 2.11. The lowest BCUT2D eigenvalue weighted by atomic mass is 10.1. The van der Waals surface area contributed by atoms with Gasteiger partial charge in [-0.15, -0.1) is 0 Å². The van der Waals surface area contributed by atoms with E-state index in [1.165, 1.54) is 5.56 Å². The van der Waals surface area contributed by atoms with Gasteiger partial charge in [-0.3, -0.25) is 4.79 Å². The fourth-order valence-corrected chi connectivity index (χ4v) is 1.89. The van der Waals surface area contributed by atoms with Gasteiger partial charge in [0.15, 0.2) is 0 Å². The van der Waals surface area contributed by atoms with Gasteiger partial charge < -0.3 is 0 Å². The van der Waals surface area contributed by atoms with E-state index < -0.39 is 0 Å². The van der Waals surface area contributed by atoms with Crippen LogP contribution in [0.4, 0.5) is 0 Å². The minimum absolute atomic E-state index is 0.283. The van der Waals surface area contributed by atoms with Crippen molar-refractivity contribution >= 4 is 23.7 Å². The SMILES string of the molecule is CCc1ccc(C=NNC(=O)c2cccc(Cl)c2)cc1. The molecule has 0 saturated heterocycles. The number of hydrogen-bond acceptors (Lipinski definition) is 2. The van der Waals surface area contributed by atoms with Crippen LogP contribution in [0.3, 0.4) is 0 Å². The molecule has 2 aromatic rings. The van der Waals surface area contributed by atoms with Crippen LogP contribution in [-0.2, 0) is 6.42 Å². The second-order valence-electron chi connectivity index (χ2n) is 4.30. The van der Waals surface area contributed by atoms with E-state index in [-0.39, 0.29) is 5.91 Å². The number of halogens is 1. The van der Waals surface area contributed by atoms with Crippen LogP contribution in [0.1, 0.15) is 28.4 Å². The summed E-state index contributed by atoms with van der Waals surface area (Å²) in [5.74, 6) is -0.283. The minimum Gasteiger partial charge on any atom is -0.267 e. The Balaban J connectivity index is 1.97. The van der Waals surface area contributed by atoms with E-state index in [9.17, 15) is 4.79 Å². The van der Waals surface area contributed by atoms with Gasteiger partial charge in [-0.2, -0.15) is 5.10 Å². The highest BCUT2D eigenvalue weighted by Gasteiger charge is 2.03. The molecule has 1 amide bonds. The number of carbonyl (C=O) groups excluding carboxylic acids is 1. The van der Waals surface area contributed by atoms with Crippen LogP contribution in [0.15, 0.2) is 53.6 Å². The average molecular weight is 287 g/mol. The maximum Gasteiger partial charge on any atom is 0.271 e. The average Bonchev–Trinajstić information content (AvgIpc) is 2.48. The second-order valence-corrected chi connectivity index (χ2v) is 4.74. The number of hydrazone groups is 1. The van der Waals surface area contributed by atoms with Crippen molar-refractivity contribution in [2.45, 2.75) is 13.3 Å². The molecule has 20 heavy (non-hydrogen) atoms. The monoisotopic (exact) mass is 286 g/mol. The smallest absolute Gasteiger partial charge is 0.267 e. The predicted octanol–water partition coefficient (Wildman–Crippen LogP) is 3.67. The molecular weight excluding hydrogens is 272 g/mol. The summed E-state index contributed by atoms with van der Waals surface area (Å²) in [7, 11) is 0. The molecule has 2 rings (SSSR count). The molecule has 0 aliphatic heterocycles. The Morgan fingerprint density at radius 3 is 2.65 bits per heavy atom. The van der Waals surface area contributed by atoms with Gasteiger partial charge >= 0.3 is 0 Å². The molecule has 1 N–H and O–H groups in total. The Bertz CT molecular complexity index is 621. The Labute approximate surface area is 123 Å². The van der Waals surface area contributed by atoms with Gasteiger partial charge in [0.2, 0.25) is 0 Å². The number of nitrogens with zero attached hydrogens (tertiary/aromatic N) is 1. The quantitative estimate of drug-likeness (QED) is 0.676. The van der Waals surface area contributed by atoms with Crippen molar-refractivity contribution in [1.82, 2.24) is 5.43 Å². The van der Waals surface area contributed by atoms with Gasteiger partial charge in [-0.25, -0.2) is 5.43 Å². The number of hydrogen-bond donors (Lipinski definition) is 1. The van der Waals surface area contributed by atoms with Gasteiger partial charge in [-0.1, -0.05) is 48.9 Å². The van der Waals surface area contributed by atoms with Gasteiger partial charge in [0, 0.05) is 10.6 Å². The molecule has 2 aromatic carbocycles. The van der Waals surface area contributed by atoms with Gasteiger partial charge in [0.25, 0.3) is 5.91 Å². The summed E-state index contributed by atoms with van der Waals surface area (Å²) in [5, 5.41) is 4.46. The molecular formula is C16H15ClN2O. The molecule has 0 heterocycles. The fraction of sp³-hybridized carbons (Fsp3) is 0.125. The number of rotatable bonds is 4. The van der Waals surface area contributed by atoms with Crippen LogP contribution in [0.25, 0.3) is 0 Å². The molecule has 0 atom stereocenters. The Morgan fingerprint density at radius 2 is 2.00 bits per heavy atom. The maximum atomic E-state index is 11.8. The number of benzene rings is 2. The summed E-state index contributed by atoms with van der Waals surface area (Å²) in [6, 6.07) is 14.7. The zero-order chi connectivity index (χ0) is 14.4. The summed E-state index contributed by atoms with van der Waals surface area (Å²) in [4.78, 5) is 11.8. The fourth-order valence-electron chi connectivity index (χ4n) is 1.70. The van der Waals surface area contributed by atoms with Crippen LogP contribution in [-0.4, -0.2) is 12.1 Å². The highest BCUT2D eigenvalue weighted by molar-refractivity contribution is 6.30. The third-order valence-corrected chi connectivity index (χ3v) is 3.09. The number of nitrogens with one attached hydrogen (secondary N) is 1. The van der Waals surface area contributed by atoms with Gasteiger partial charge in [0.05, 0.1) is 6.21 Å². The Kier molecular flexibility index (Phi) is 4.91. The molecule has 3 nitrogen and oxygen atoms in total. The molecule has 0 aromatic heterocycles. The normalized spacial score (nSPS) is 10.7. The van der Waals surface area contributed by atoms with Gasteiger partial charge in [-0.05, 0) is 35.7 Å². The summed E-state index contributed by atoms with van der Waals surface area (Å²) >= 11 is 5.83. The van der Waals surface area contributed by atoms with Crippen molar-refractivity contribution in [3.05, 3.63) is 70.2 Å². The van der Waals surface area contributed by atoms with E-state index >= 15 is 0 Å². The van der Waals surface area contributed by atoms with Crippen molar-refractivity contribution in [2.24, 2.45) is 5.10 Å². The van der Waals surface area contributed by atoms with Crippen molar-refractivity contribution < 1.29 is 4.79 Å². The van der Waals surface area contributed by atoms with Crippen molar-refractivity contribution in [3.8, 4) is 0 Å². The maximum absolute atomic E-state index is 11.8. The molecule has 102 valence electrons. The first-order valence-corrected chi connectivity index (χ1v) is 6.74. The minimum atomic E-state index is -0.283. The lowest BCUT2D eigenvalue weighted by Gasteiger charge is -2.00. The van der Waals surface area contributed by atoms with Crippen molar-refractivity contribution in [1.29, 1.82) is 0 Å². The van der Waals surface area contributed by atoms with E-state index in [0.717, 1.165) is 12.0 Å². The molecule has 4 heteroatoms. The van der Waals surface area contributed by atoms with E-state index in [1.807, 2.05) is 24.3 Å². The third-order valence-electron chi connectivity index (χ3n) is 2.85. The summed E-state index contributed by atoms with van der Waals surface area (Å²) in [5.41, 5.74) is 5.16. The predicted molar refractivity (Wildman–Crippen MR) is 82.3 cm³/mol. The van der Waals surface area contributed by atoms with E-state index in [2.05, 4.69) is 17.5 Å². The second kappa shape index (κ2) is 6.87. The Morgan fingerprint density at radius 1 is 1.25 bits per heavy atom. The van der Waals surface area contributed by atoms with Crippen molar-refractivity contribution in [2.75, 3.05) is 0 Å². The molecule has 0 radical (unpaired) electrons. The third kappa shape index (κ3) is 3.93. The number of aryl methyl sites for hydroxylation is 1. The molecule has 0 bridgehead atoms. The molecule has 0 aliphatic carbocycles. The van der Waals surface area contributed by atoms with Crippen LogP contribution in [0.5, 0.6) is 0 Å². The van der Waals surface area contributed by atoms with E-state index in [1.54, 1.807) is 30.5 Å². The number of amides is 1. The standard InChI is InChI=1S/C16H15ClN2O/c1-2-12-6-8-13(9-7-12)11-18-19-16(20)14-4-3-5-15(17)10-14/h3-11H,2H2,1H3,(H,19,20). The lowest BCUT2D eigenvalue weighted by molar-refractivity contribution is 0.0955. The highest BCUT2D eigenvalue weighted by atomic mass is 35.5. The van der Waals surface area contributed by atoms with Crippen LogP contribution in [0.2, 0.25) is 5.02 Å². The Hall–Kier alpha value is -2.13. The zero-order valence-corrected chi connectivity index (χ0v) is 11.9. The number of carbonyl (C=O) groups is 1. The molecule has 0 spiro atoms. The topological polar surface area (TPSA) is 41.5 Å². The van der Waals surface area contributed by atoms with Crippen molar-refractivity contribution in [3.63, 3.8) is 0 Å². The first kappa shape index (κ1) is 14.3. The lowest BCUT2D eigenvalue weighted by Crippen LogP contribution is -2.17. The summed E-state index contributed by atoms with van der Waals surface area (Å²) < 4.78 is 0. The molecule has 0 aliphatic rings. The zero-order valence-electron chi connectivity index (χ0n) is 11.1. The largest absolute Gasteiger partial charge is 0.271 e. The van der Waals surface area contributed by atoms with Crippen LogP contribution >= 0.6 is 11.6 Å².